The van der Waals surface area contributed by atoms with Crippen molar-refractivity contribution < 1.29 is 15.0 Å². The number of benzene rings is 1. The Labute approximate surface area is 63.9 Å². The number of aliphatic hydroxyl groups is 1. The van der Waals surface area contributed by atoms with E-state index in [1.165, 1.54) is 12.1 Å². The molecule has 3 nitrogen and oxygen atoms in total. The van der Waals surface area contributed by atoms with E-state index in [4.69, 9.17) is 10.2 Å². The molecule has 0 bridgehead atoms. The van der Waals surface area contributed by atoms with Crippen LogP contribution in [-0.2, 0) is 4.79 Å². The quantitative estimate of drug-likeness (QED) is 0.611. The minimum absolute atomic E-state index is 0.0448. The smallest absolute Gasteiger partial charge is 0.153 e. The number of carbonyl (C=O) groups is 1. The first-order valence-corrected chi connectivity index (χ1v) is 3.16. The first-order chi connectivity index (χ1) is 5.24. The molecule has 1 atom stereocenters. The van der Waals surface area contributed by atoms with Crippen molar-refractivity contribution >= 4 is 6.29 Å². The molecule has 0 saturated carbocycles. The summed E-state index contributed by atoms with van der Waals surface area (Å²) in [7, 11) is 0. The summed E-state index contributed by atoms with van der Waals surface area (Å²) in [4.78, 5) is 10.1. The Bertz CT molecular complexity index is 257. The van der Waals surface area contributed by atoms with Gasteiger partial charge >= 0.3 is 0 Å². The Kier molecular flexibility index (Phi) is 2.23. The second-order valence-corrected chi connectivity index (χ2v) is 2.18. The molecule has 1 unspecified atom stereocenters. The zero-order chi connectivity index (χ0) is 8.27. The van der Waals surface area contributed by atoms with E-state index in [1.807, 2.05) is 0 Å². The number of aromatic hydroxyl groups is 1. The molecular formula is C8H8O3. The summed E-state index contributed by atoms with van der Waals surface area (Å²) >= 11 is 0. The summed E-state index contributed by atoms with van der Waals surface area (Å²) in [5, 5.41) is 17.9. The van der Waals surface area contributed by atoms with E-state index < -0.39 is 6.10 Å². The fourth-order valence-corrected chi connectivity index (χ4v) is 0.787. The number of phenolic OH excluding ortho intramolecular Hbond substituents is 1. The van der Waals surface area contributed by atoms with Gasteiger partial charge in [0.25, 0.3) is 0 Å². The number of hydrogen-bond acceptors (Lipinski definition) is 3. The summed E-state index contributed by atoms with van der Waals surface area (Å²) in [6, 6.07) is 5.95. The van der Waals surface area contributed by atoms with Crippen molar-refractivity contribution in [2.45, 2.75) is 6.10 Å². The molecule has 0 spiro atoms. The fraction of sp³-hybridized carbons (Fsp3) is 0.125. The highest BCUT2D eigenvalue weighted by atomic mass is 16.3. The maximum atomic E-state index is 10.1. The van der Waals surface area contributed by atoms with Gasteiger partial charge in [0.2, 0.25) is 0 Å². The van der Waals surface area contributed by atoms with Crippen LogP contribution in [-0.4, -0.2) is 16.5 Å². The van der Waals surface area contributed by atoms with E-state index >= 15 is 0 Å². The lowest BCUT2D eigenvalue weighted by molar-refractivity contribution is -0.115. The van der Waals surface area contributed by atoms with Crippen molar-refractivity contribution in [3.8, 4) is 5.75 Å². The lowest BCUT2D eigenvalue weighted by Crippen LogP contribution is -1.96. The van der Waals surface area contributed by atoms with E-state index in [0.717, 1.165) is 0 Å². The van der Waals surface area contributed by atoms with Crippen LogP contribution >= 0.6 is 0 Å². The van der Waals surface area contributed by atoms with Crippen molar-refractivity contribution in [3.05, 3.63) is 29.8 Å². The number of carbonyl (C=O) groups excluding carboxylic acids is 1. The molecule has 2 N–H and O–H groups in total. The molecule has 0 heterocycles. The molecule has 0 aliphatic carbocycles. The standard InChI is InChI=1S/C8H8O3/c9-5-8(11)6-2-1-3-7(10)4-6/h1-5,8,10-11H. The number of aliphatic hydroxyl groups excluding tert-OH is 1. The molecule has 3 heteroatoms. The second-order valence-electron chi connectivity index (χ2n) is 2.18. The van der Waals surface area contributed by atoms with Crippen LogP contribution in [0.4, 0.5) is 0 Å². The van der Waals surface area contributed by atoms with Crippen LogP contribution in [0, 0.1) is 0 Å². The lowest BCUT2D eigenvalue weighted by Gasteiger charge is -2.01. The van der Waals surface area contributed by atoms with Gasteiger partial charge in [-0.25, -0.2) is 0 Å². The third-order valence-electron chi connectivity index (χ3n) is 1.34. The van der Waals surface area contributed by atoms with Gasteiger partial charge < -0.3 is 15.0 Å². The maximum absolute atomic E-state index is 10.1. The van der Waals surface area contributed by atoms with Gasteiger partial charge in [0, 0.05) is 0 Å². The monoisotopic (exact) mass is 152 g/mol. The minimum atomic E-state index is -1.14. The average Bonchev–Trinajstić information content (AvgIpc) is 2.03. The zero-order valence-electron chi connectivity index (χ0n) is 5.77. The molecule has 0 amide bonds. The van der Waals surface area contributed by atoms with Gasteiger partial charge in [-0.2, -0.15) is 0 Å². The highest BCUT2D eigenvalue weighted by molar-refractivity contribution is 5.59. The molecule has 0 radical (unpaired) electrons. The van der Waals surface area contributed by atoms with Gasteiger partial charge in [-0.3, -0.25) is 0 Å². The first kappa shape index (κ1) is 7.75. The SMILES string of the molecule is O=CC(O)c1cccc(O)c1. The van der Waals surface area contributed by atoms with Crippen LogP contribution < -0.4 is 0 Å². The number of hydrogen-bond donors (Lipinski definition) is 2. The summed E-state index contributed by atoms with van der Waals surface area (Å²) in [5.41, 5.74) is 0.403. The van der Waals surface area contributed by atoms with Gasteiger partial charge in [0.05, 0.1) is 0 Å². The topological polar surface area (TPSA) is 57.5 Å². The van der Waals surface area contributed by atoms with Crippen molar-refractivity contribution in [1.82, 2.24) is 0 Å². The van der Waals surface area contributed by atoms with E-state index in [1.54, 1.807) is 12.1 Å². The van der Waals surface area contributed by atoms with E-state index in [0.29, 0.717) is 11.8 Å². The Morgan fingerprint density at radius 1 is 1.45 bits per heavy atom. The fourth-order valence-electron chi connectivity index (χ4n) is 0.787. The van der Waals surface area contributed by atoms with E-state index in [2.05, 4.69) is 0 Å². The van der Waals surface area contributed by atoms with Crippen LogP contribution in [0.15, 0.2) is 24.3 Å². The van der Waals surface area contributed by atoms with Crippen LogP contribution in [0.2, 0.25) is 0 Å². The second kappa shape index (κ2) is 3.16. The van der Waals surface area contributed by atoms with Crippen LogP contribution in [0.5, 0.6) is 5.75 Å². The van der Waals surface area contributed by atoms with E-state index in [-0.39, 0.29) is 5.75 Å². The van der Waals surface area contributed by atoms with Crippen LogP contribution in [0.1, 0.15) is 11.7 Å². The lowest BCUT2D eigenvalue weighted by atomic mass is 10.1. The van der Waals surface area contributed by atoms with Crippen molar-refractivity contribution in [1.29, 1.82) is 0 Å². The van der Waals surface area contributed by atoms with Gasteiger partial charge in [-0.15, -0.1) is 0 Å². The third-order valence-corrected chi connectivity index (χ3v) is 1.34. The molecule has 0 aromatic heterocycles. The average molecular weight is 152 g/mol. The highest BCUT2D eigenvalue weighted by Gasteiger charge is 2.04. The summed E-state index contributed by atoms with van der Waals surface area (Å²) in [5.74, 6) is 0.0448. The van der Waals surface area contributed by atoms with E-state index in [9.17, 15) is 4.79 Å². The first-order valence-electron chi connectivity index (χ1n) is 3.16. The maximum Gasteiger partial charge on any atom is 0.153 e. The van der Waals surface area contributed by atoms with Crippen LogP contribution in [0.3, 0.4) is 0 Å². The normalized spacial score (nSPS) is 12.5. The summed E-state index contributed by atoms with van der Waals surface area (Å²) in [6.07, 6.45) is -0.725. The van der Waals surface area contributed by atoms with Crippen molar-refractivity contribution in [2.75, 3.05) is 0 Å². The molecule has 0 aliphatic rings. The predicted molar refractivity (Wildman–Crippen MR) is 39.1 cm³/mol. The molecule has 0 fully saturated rings. The number of rotatable bonds is 2. The number of phenols is 1. The summed E-state index contributed by atoms with van der Waals surface area (Å²) in [6.45, 7) is 0. The Morgan fingerprint density at radius 3 is 2.73 bits per heavy atom. The molecule has 1 rings (SSSR count). The molecule has 1 aromatic rings. The predicted octanol–water partition coefficient (Wildman–Crippen LogP) is 0.624. The largest absolute Gasteiger partial charge is 0.508 e. The Balaban J connectivity index is 2.95. The van der Waals surface area contributed by atoms with Gasteiger partial charge in [-0.05, 0) is 17.7 Å². The molecular weight excluding hydrogens is 144 g/mol. The minimum Gasteiger partial charge on any atom is -0.508 e. The van der Waals surface area contributed by atoms with Crippen molar-refractivity contribution in [3.63, 3.8) is 0 Å². The van der Waals surface area contributed by atoms with Gasteiger partial charge in [-0.1, -0.05) is 12.1 Å². The van der Waals surface area contributed by atoms with Crippen LogP contribution in [0.25, 0.3) is 0 Å². The number of aldehydes is 1. The van der Waals surface area contributed by atoms with Gasteiger partial charge in [0.1, 0.15) is 11.9 Å². The molecule has 11 heavy (non-hydrogen) atoms. The summed E-state index contributed by atoms with van der Waals surface area (Å²) < 4.78 is 0. The Morgan fingerprint density at radius 2 is 2.18 bits per heavy atom. The molecule has 0 saturated heterocycles. The molecule has 58 valence electrons. The zero-order valence-corrected chi connectivity index (χ0v) is 5.77. The molecule has 0 aliphatic heterocycles. The van der Waals surface area contributed by atoms with Crippen molar-refractivity contribution in [2.24, 2.45) is 0 Å². The third kappa shape index (κ3) is 1.78. The highest BCUT2D eigenvalue weighted by Crippen LogP contribution is 2.15. The van der Waals surface area contributed by atoms with Gasteiger partial charge in [0.15, 0.2) is 6.29 Å². The molecule has 1 aromatic carbocycles. The Hall–Kier alpha value is -1.35.